The van der Waals surface area contributed by atoms with Crippen molar-refractivity contribution in [2.75, 3.05) is 0 Å². The minimum Gasteiger partial charge on any atom is -0.350 e. The topological polar surface area (TPSA) is 22.0 Å². The van der Waals surface area contributed by atoms with E-state index in [2.05, 4.69) is 0 Å². The number of fused-ring (bicyclic) bond motifs is 1. The molecule has 0 unspecified atom stereocenters. The highest BCUT2D eigenvalue weighted by molar-refractivity contribution is 5.87. The second kappa shape index (κ2) is 2.69. The predicted octanol–water partition coefficient (Wildman–Crippen LogP) is 2.13. The zero-order valence-electron chi connectivity index (χ0n) is 7.12. The molecule has 0 saturated carbocycles. The van der Waals surface area contributed by atoms with Crippen LogP contribution in [0.2, 0.25) is 0 Å². The molecule has 2 rings (SSSR count). The molecule has 0 amide bonds. The fourth-order valence-electron chi connectivity index (χ4n) is 1.40. The van der Waals surface area contributed by atoms with Crippen LogP contribution in [0, 0.1) is 5.82 Å². The molecular formula is C10H8FNO. The minimum atomic E-state index is -0.468. The third kappa shape index (κ3) is 1.13. The van der Waals surface area contributed by atoms with Crippen molar-refractivity contribution in [2.45, 2.75) is 0 Å². The Hall–Kier alpha value is -1.64. The van der Waals surface area contributed by atoms with Gasteiger partial charge in [-0.25, -0.2) is 4.39 Å². The molecule has 0 aliphatic heterocycles. The molecule has 1 aromatic carbocycles. The van der Waals surface area contributed by atoms with E-state index in [0.717, 1.165) is 10.9 Å². The number of rotatable bonds is 1. The van der Waals surface area contributed by atoms with Crippen LogP contribution in [-0.2, 0) is 7.05 Å². The zero-order valence-corrected chi connectivity index (χ0v) is 7.12. The average Bonchev–Trinajstić information content (AvgIpc) is 2.47. The van der Waals surface area contributed by atoms with Gasteiger partial charge in [-0.2, -0.15) is 0 Å². The molecular weight excluding hydrogens is 169 g/mol. The van der Waals surface area contributed by atoms with Crippen LogP contribution in [0.5, 0.6) is 0 Å². The molecule has 0 spiro atoms. The Labute approximate surface area is 74.6 Å². The van der Waals surface area contributed by atoms with Gasteiger partial charge in [-0.1, -0.05) is 0 Å². The maximum atomic E-state index is 13.1. The molecule has 0 aliphatic rings. The van der Waals surface area contributed by atoms with Gasteiger partial charge in [-0.05, 0) is 18.2 Å². The fraction of sp³-hybridized carbons (Fsp3) is 0.100. The second-order valence-corrected chi connectivity index (χ2v) is 2.98. The number of hydrogen-bond acceptors (Lipinski definition) is 1. The fourth-order valence-corrected chi connectivity index (χ4v) is 1.40. The summed E-state index contributed by atoms with van der Waals surface area (Å²) < 4.78 is 14.9. The summed E-state index contributed by atoms with van der Waals surface area (Å²) in [4.78, 5) is 10.4. The van der Waals surface area contributed by atoms with Crippen LogP contribution in [-0.4, -0.2) is 10.9 Å². The average molecular weight is 177 g/mol. The Morgan fingerprint density at radius 3 is 2.92 bits per heavy atom. The molecule has 66 valence electrons. The molecule has 1 heterocycles. The van der Waals surface area contributed by atoms with Crippen molar-refractivity contribution in [3.05, 3.63) is 35.8 Å². The number of aldehydes is 1. The normalized spacial score (nSPS) is 10.6. The third-order valence-electron chi connectivity index (χ3n) is 2.13. The molecule has 2 nitrogen and oxygen atoms in total. The van der Waals surface area contributed by atoms with Crippen molar-refractivity contribution in [1.82, 2.24) is 4.57 Å². The first-order valence-electron chi connectivity index (χ1n) is 3.92. The van der Waals surface area contributed by atoms with Crippen molar-refractivity contribution in [2.24, 2.45) is 7.05 Å². The molecule has 0 aliphatic carbocycles. The molecule has 1 aromatic heterocycles. The lowest BCUT2D eigenvalue weighted by molar-refractivity contribution is 0.112. The lowest BCUT2D eigenvalue weighted by atomic mass is 10.1. The van der Waals surface area contributed by atoms with Crippen molar-refractivity contribution < 1.29 is 9.18 Å². The van der Waals surface area contributed by atoms with Crippen LogP contribution in [0.3, 0.4) is 0 Å². The van der Waals surface area contributed by atoms with Crippen LogP contribution in [0.15, 0.2) is 24.4 Å². The van der Waals surface area contributed by atoms with E-state index in [1.54, 1.807) is 6.07 Å². The lowest BCUT2D eigenvalue weighted by Crippen LogP contribution is -1.89. The van der Waals surface area contributed by atoms with E-state index < -0.39 is 5.82 Å². The first kappa shape index (κ1) is 7.98. The van der Waals surface area contributed by atoms with Crippen molar-refractivity contribution in [1.29, 1.82) is 0 Å². The van der Waals surface area contributed by atoms with Crippen LogP contribution in [0.25, 0.3) is 10.9 Å². The molecule has 0 fully saturated rings. The van der Waals surface area contributed by atoms with E-state index in [4.69, 9.17) is 0 Å². The zero-order chi connectivity index (χ0) is 9.42. The Balaban J connectivity index is 2.83. The summed E-state index contributed by atoms with van der Waals surface area (Å²) in [6.07, 6.45) is 2.36. The number of aryl methyl sites for hydroxylation is 1. The largest absolute Gasteiger partial charge is 0.350 e. The SMILES string of the molecule is Cn1ccc2cc(C=O)c(F)cc21. The minimum absolute atomic E-state index is 0.110. The number of benzene rings is 1. The summed E-state index contributed by atoms with van der Waals surface area (Å²) >= 11 is 0. The molecule has 0 radical (unpaired) electrons. The summed E-state index contributed by atoms with van der Waals surface area (Å²) in [6, 6.07) is 4.78. The maximum absolute atomic E-state index is 13.1. The van der Waals surface area contributed by atoms with Crippen LogP contribution >= 0.6 is 0 Å². The number of aromatic nitrogens is 1. The van der Waals surface area contributed by atoms with Crippen molar-refractivity contribution >= 4 is 17.2 Å². The Morgan fingerprint density at radius 2 is 2.23 bits per heavy atom. The predicted molar refractivity (Wildman–Crippen MR) is 48.3 cm³/mol. The molecule has 0 N–H and O–H groups in total. The van der Waals surface area contributed by atoms with Crippen molar-refractivity contribution in [3.63, 3.8) is 0 Å². The van der Waals surface area contributed by atoms with E-state index >= 15 is 0 Å². The number of hydrogen-bond donors (Lipinski definition) is 0. The van der Waals surface area contributed by atoms with Crippen LogP contribution < -0.4 is 0 Å². The van der Waals surface area contributed by atoms with Crippen LogP contribution in [0.4, 0.5) is 4.39 Å². The molecule has 3 heteroatoms. The highest BCUT2D eigenvalue weighted by Crippen LogP contribution is 2.18. The van der Waals surface area contributed by atoms with E-state index in [1.807, 2.05) is 23.9 Å². The lowest BCUT2D eigenvalue weighted by Gasteiger charge is -1.98. The first-order chi connectivity index (χ1) is 6.22. The Kier molecular flexibility index (Phi) is 1.65. The Bertz CT molecular complexity index is 473. The quantitative estimate of drug-likeness (QED) is 0.611. The highest BCUT2D eigenvalue weighted by Gasteiger charge is 2.05. The molecule has 0 bridgehead atoms. The van der Waals surface area contributed by atoms with Gasteiger partial charge in [0.15, 0.2) is 6.29 Å². The monoisotopic (exact) mass is 177 g/mol. The number of nitrogens with zero attached hydrogens (tertiary/aromatic N) is 1. The van der Waals surface area contributed by atoms with Gasteiger partial charge in [-0.3, -0.25) is 4.79 Å². The highest BCUT2D eigenvalue weighted by atomic mass is 19.1. The summed E-state index contributed by atoms with van der Waals surface area (Å²) in [5.41, 5.74) is 0.904. The van der Waals surface area contributed by atoms with Gasteiger partial charge in [0, 0.05) is 18.6 Å². The Morgan fingerprint density at radius 1 is 1.46 bits per heavy atom. The van der Waals surface area contributed by atoms with Gasteiger partial charge in [0.2, 0.25) is 0 Å². The molecule has 0 saturated heterocycles. The van der Waals surface area contributed by atoms with E-state index in [0.29, 0.717) is 6.29 Å². The summed E-state index contributed by atoms with van der Waals surface area (Å²) in [7, 11) is 1.84. The van der Waals surface area contributed by atoms with Gasteiger partial charge >= 0.3 is 0 Å². The van der Waals surface area contributed by atoms with E-state index in [9.17, 15) is 9.18 Å². The van der Waals surface area contributed by atoms with Gasteiger partial charge in [0.25, 0.3) is 0 Å². The third-order valence-corrected chi connectivity index (χ3v) is 2.13. The van der Waals surface area contributed by atoms with Crippen molar-refractivity contribution in [3.8, 4) is 0 Å². The summed E-state index contributed by atoms with van der Waals surface area (Å²) in [5.74, 6) is -0.468. The van der Waals surface area contributed by atoms with Gasteiger partial charge in [0.05, 0.1) is 11.1 Å². The van der Waals surface area contributed by atoms with E-state index in [-0.39, 0.29) is 5.56 Å². The standard InChI is InChI=1S/C10H8FNO/c1-12-3-2-7-4-8(6-13)9(11)5-10(7)12/h2-6H,1H3. The molecule has 0 atom stereocenters. The number of carbonyl (C=O) groups excluding carboxylic acids is 1. The van der Waals surface area contributed by atoms with Gasteiger partial charge in [0.1, 0.15) is 5.82 Å². The summed E-state index contributed by atoms with van der Waals surface area (Å²) in [6.45, 7) is 0. The van der Waals surface area contributed by atoms with Gasteiger partial charge in [-0.15, -0.1) is 0 Å². The van der Waals surface area contributed by atoms with Crippen LogP contribution in [0.1, 0.15) is 10.4 Å². The smallest absolute Gasteiger partial charge is 0.153 e. The molecule has 13 heavy (non-hydrogen) atoms. The van der Waals surface area contributed by atoms with Gasteiger partial charge < -0.3 is 4.57 Å². The number of halogens is 1. The number of carbonyl (C=O) groups is 1. The second-order valence-electron chi connectivity index (χ2n) is 2.98. The van der Waals surface area contributed by atoms with E-state index in [1.165, 1.54) is 6.07 Å². The molecule has 2 aromatic rings. The summed E-state index contributed by atoms with van der Waals surface area (Å²) in [5, 5.41) is 0.881. The maximum Gasteiger partial charge on any atom is 0.153 e. The first-order valence-corrected chi connectivity index (χ1v) is 3.92.